The van der Waals surface area contributed by atoms with Gasteiger partial charge < -0.3 is 14.8 Å². The summed E-state index contributed by atoms with van der Waals surface area (Å²) in [6, 6.07) is 35.3. The van der Waals surface area contributed by atoms with Gasteiger partial charge in [-0.25, -0.2) is 0 Å². The Kier molecular flexibility index (Phi) is 10.4. The number of hydrogen-bond donors (Lipinski definition) is 1. The quantitative estimate of drug-likeness (QED) is 0.155. The highest BCUT2D eigenvalue weighted by molar-refractivity contribution is 8.00. The first kappa shape index (κ1) is 29.6. The van der Waals surface area contributed by atoms with E-state index in [9.17, 15) is 4.79 Å². The number of amides is 1. The van der Waals surface area contributed by atoms with Gasteiger partial charge in [0, 0.05) is 17.4 Å². The maximum Gasteiger partial charge on any atom is 0.244 e. The van der Waals surface area contributed by atoms with E-state index in [1.165, 1.54) is 16.7 Å². The monoisotopic (exact) mass is 580 g/mol. The van der Waals surface area contributed by atoms with Crippen LogP contribution in [0.3, 0.4) is 0 Å². The number of nitrogens with one attached hydrogen (secondary N) is 1. The van der Waals surface area contributed by atoms with Gasteiger partial charge in [-0.2, -0.15) is 0 Å². The van der Waals surface area contributed by atoms with Crippen molar-refractivity contribution >= 4 is 23.5 Å². The van der Waals surface area contributed by atoms with E-state index in [0.717, 1.165) is 49.1 Å². The van der Waals surface area contributed by atoms with Crippen molar-refractivity contribution in [3.63, 3.8) is 0 Å². The lowest BCUT2D eigenvalue weighted by Crippen LogP contribution is -2.46. The van der Waals surface area contributed by atoms with Gasteiger partial charge in [0.1, 0.15) is 6.04 Å². The molecule has 218 valence electrons. The zero-order chi connectivity index (χ0) is 29.1. The molecule has 0 saturated carbocycles. The lowest BCUT2D eigenvalue weighted by molar-refractivity contribution is -0.122. The molecular formula is C36H40N2O3S. The van der Waals surface area contributed by atoms with E-state index in [-0.39, 0.29) is 18.0 Å². The van der Waals surface area contributed by atoms with E-state index in [1.807, 2.05) is 30.3 Å². The van der Waals surface area contributed by atoms with Crippen LogP contribution in [-0.4, -0.2) is 32.2 Å². The van der Waals surface area contributed by atoms with E-state index >= 15 is 0 Å². The highest BCUT2D eigenvalue weighted by atomic mass is 32.2. The fourth-order valence-electron chi connectivity index (χ4n) is 5.64. The molecule has 1 aliphatic heterocycles. The van der Waals surface area contributed by atoms with Crippen molar-refractivity contribution in [3.8, 4) is 11.5 Å². The zero-order valence-corrected chi connectivity index (χ0v) is 25.3. The molecule has 1 unspecified atom stereocenters. The lowest BCUT2D eigenvalue weighted by atomic mass is 9.98. The third kappa shape index (κ3) is 7.68. The SMILES string of the molecule is COc1ccc(SN2c3ccccc3CC2C(=O)NC(CCCc2ccccc2)CCCc2ccccc2)cc1OC. The number of para-hydroxylation sites is 1. The first-order valence-corrected chi connectivity index (χ1v) is 15.6. The Hall–Kier alpha value is -3.90. The fraction of sp³-hybridized carbons (Fsp3) is 0.306. The highest BCUT2D eigenvalue weighted by Gasteiger charge is 2.36. The average molecular weight is 581 g/mol. The minimum Gasteiger partial charge on any atom is -0.493 e. The predicted octanol–water partition coefficient (Wildman–Crippen LogP) is 7.67. The number of ether oxygens (including phenoxy) is 2. The Morgan fingerprint density at radius 1 is 0.810 bits per heavy atom. The standard InChI is InChI=1S/C36H40N2O3S/c1-40-34-24-23-31(26-35(34)41-2)42-38-32-22-10-9-19-29(32)25-33(38)36(39)37-30(20-11-17-27-13-5-3-6-14-27)21-12-18-28-15-7-4-8-16-28/h3-10,13-16,19,22-24,26,30,33H,11-12,17-18,20-21,25H2,1-2H3,(H,37,39). The molecule has 0 aliphatic carbocycles. The number of fused-ring (bicyclic) bond motifs is 1. The second kappa shape index (κ2) is 14.8. The van der Waals surface area contributed by atoms with Crippen LogP contribution in [0.1, 0.15) is 42.4 Å². The van der Waals surface area contributed by atoms with Gasteiger partial charge in [-0.1, -0.05) is 78.9 Å². The van der Waals surface area contributed by atoms with Crippen molar-refractivity contribution in [2.75, 3.05) is 18.5 Å². The fourth-order valence-corrected chi connectivity index (χ4v) is 6.73. The van der Waals surface area contributed by atoms with Crippen molar-refractivity contribution in [2.24, 2.45) is 0 Å². The average Bonchev–Trinajstić information content (AvgIpc) is 3.40. The van der Waals surface area contributed by atoms with Crippen LogP contribution in [0.2, 0.25) is 0 Å². The number of methoxy groups -OCH3 is 2. The predicted molar refractivity (Wildman–Crippen MR) is 173 cm³/mol. The van der Waals surface area contributed by atoms with Crippen LogP contribution < -0.4 is 19.1 Å². The molecule has 1 heterocycles. The number of benzene rings is 4. The first-order chi connectivity index (χ1) is 20.6. The number of nitrogens with zero attached hydrogens (tertiary/aromatic N) is 1. The van der Waals surface area contributed by atoms with Crippen molar-refractivity contribution < 1.29 is 14.3 Å². The molecule has 0 aromatic heterocycles. The molecule has 5 nitrogen and oxygen atoms in total. The van der Waals surface area contributed by atoms with Crippen LogP contribution in [0.25, 0.3) is 0 Å². The molecule has 1 N–H and O–H groups in total. The van der Waals surface area contributed by atoms with Crippen molar-refractivity contribution in [1.82, 2.24) is 5.32 Å². The summed E-state index contributed by atoms with van der Waals surface area (Å²) in [4.78, 5) is 15.0. The number of anilines is 1. The Morgan fingerprint density at radius 2 is 1.40 bits per heavy atom. The second-order valence-corrected chi connectivity index (χ2v) is 11.8. The Morgan fingerprint density at radius 3 is 2.02 bits per heavy atom. The molecule has 1 amide bonds. The minimum atomic E-state index is -0.300. The number of rotatable bonds is 14. The van der Waals surface area contributed by atoms with Gasteiger partial charge in [0.15, 0.2) is 11.5 Å². The first-order valence-electron chi connectivity index (χ1n) is 14.8. The molecule has 1 aliphatic rings. The maximum atomic E-state index is 14.0. The highest BCUT2D eigenvalue weighted by Crippen LogP contribution is 2.42. The summed E-state index contributed by atoms with van der Waals surface area (Å²) in [6.45, 7) is 0. The van der Waals surface area contributed by atoms with E-state index in [2.05, 4.69) is 82.4 Å². The molecular weight excluding hydrogens is 540 g/mol. The molecule has 0 radical (unpaired) electrons. The van der Waals surface area contributed by atoms with Gasteiger partial charge in [-0.05, 0) is 91.4 Å². The Labute approximate surface area is 254 Å². The van der Waals surface area contributed by atoms with Crippen LogP contribution in [-0.2, 0) is 24.1 Å². The molecule has 4 aromatic rings. The van der Waals surface area contributed by atoms with E-state index in [1.54, 1.807) is 26.2 Å². The molecule has 0 bridgehead atoms. The maximum absolute atomic E-state index is 14.0. The third-order valence-electron chi connectivity index (χ3n) is 7.85. The summed E-state index contributed by atoms with van der Waals surface area (Å²) >= 11 is 1.57. The van der Waals surface area contributed by atoms with E-state index in [4.69, 9.17) is 9.47 Å². The molecule has 1 atom stereocenters. The largest absolute Gasteiger partial charge is 0.493 e. The Bertz CT molecular complexity index is 1380. The summed E-state index contributed by atoms with van der Waals surface area (Å²) in [6.07, 6.45) is 6.70. The second-order valence-electron chi connectivity index (χ2n) is 10.7. The molecule has 6 heteroatoms. The van der Waals surface area contributed by atoms with Crippen LogP contribution in [0.15, 0.2) is 108 Å². The van der Waals surface area contributed by atoms with Crippen LogP contribution in [0.4, 0.5) is 5.69 Å². The zero-order valence-electron chi connectivity index (χ0n) is 24.5. The topological polar surface area (TPSA) is 50.8 Å². The molecule has 5 rings (SSSR count). The van der Waals surface area contributed by atoms with Gasteiger partial charge in [-0.15, -0.1) is 0 Å². The summed E-state index contributed by atoms with van der Waals surface area (Å²) in [7, 11) is 3.28. The van der Waals surface area contributed by atoms with Gasteiger partial charge in [0.05, 0.1) is 19.9 Å². The number of carbonyl (C=O) groups excluding carboxylic acids is 1. The van der Waals surface area contributed by atoms with Gasteiger partial charge >= 0.3 is 0 Å². The molecule has 4 aromatic carbocycles. The summed E-state index contributed by atoms with van der Waals surface area (Å²) in [5, 5.41) is 3.48. The number of hydrogen-bond acceptors (Lipinski definition) is 5. The Balaban J connectivity index is 1.29. The van der Waals surface area contributed by atoms with E-state index in [0.29, 0.717) is 17.9 Å². The number of aryl methyl sites for hydroxylation is 2. The van der Waals surface area contributed by atoms with Crippen LogP contribution in [0, 0.1) is 0 Å². The lowest BCUT2D eigenvalue weighted by Gasteiger charge is -2.28. The van der Waals surface area contributed by atoms with Crippen LogP contribution >= 0.6 is 11.9 Å². The van der Waals surface area contributed by atoms with Crippen LogP contribution in [0.5, 0.6) is 11.5 Å². The van der Waals surface area contributed by atoms with Crippen molar-refractivity contribution in [3.05, 3.63) is 120 Å². The molecule has 0 spiro atoms. The smallest absolute Gasteiger partial charge is 0.244 e. The summed E-state index contributed by atoms with van der Waals surface area (Å²) in [5.41, 5.74) is 4.96. The third-order valence-corrected chi connectivity index (χ3v) is 8.97. The minimum absolute atomic E-state index is 0.0867. The summed E-state index contributed by atoms with van der Waals surface area (Å²) < 4.78 is 13.1. The van der Waals surface area contributed by atoms with Gasteiger partial charge in [0.25, 0.3) is 0 Å². The van der Waals surface area contributed by atoms with E-state index < -0.39 is 0 Å². The van der Waals surface area contributed by atoms with Crippen molar-refractivity contribution in [1.29, 1.82) is 0 Å². The molecule has 0 fully saturated rings. The van der Waals surface area contributed by atoms with Gasteiger partial charge in [0.2, 0.25) is 5.91 Å². The van der Waals surface area contributed by atoms with Gasteiger partial charge in [-0.3, -0.25) is 9.10 Å². The normalized spacial score (nSPS) is 14.1. The van der Waals surface area contributed by atoms with Crippen molar-refractivity contribution in [2.45, 2.75) is 61.9 Å². The number of carbonyl (C=O) groups is 1. The molecule has 42 heavy (non-hydrogen) atoms. The molecule has 0 saturated heterocycles. The summed E-state index contributed by atoms with van der Waals surface area (Å²) in [5.74, 6) is 1.45.